The summed E-state index contributed by atoms with van der Waals surface area (Å²) in [6.45, 7) is 2.78. The number of rotatable bonds is 9. The van der Waals surface area contributed by atoms with Gasteiger partial charge in [-0.25, -0.2) is 5.11 Å². The molecular weight excluding hydrogens is 260 g/mol. The number of hydrogen-bond donors (Lipinski definition) is 0. The maximum atomic E-state index is 11.8. The summed E-state index contributed by atoms with van der Waals surface area (Å²) in [5.74, 6) is 0. The molecule has 0 aromatic heterocycles. The number of aryl methyl sites for hydroxylation is 1. The van der Waals surface area contributed by atoms with Crippen molar-refractivity contribution in [2.45, 2.75) is 51.7 Å². The van der Waals surface area contributed by atoms with Crippen LogP contribution in [0.25, 0.3) is 10.8 Å². The van der Waals surface area contributed by atoms with E-state index in [2.05, 4.69) is 37.3 Å². The summed E-state index contributed by atoms with van der Waals surface area (Å²) < 4.78 is 5.37. The molecule has 0 saturated heterocycles. The molecule has 0 N–H and O–H groups in total. The van der Waals surface area contributed by atoms with Gasteiger partial charge in [0.2, 0.25) is 0 Å². The summed E-state index contributed by atoms with van der Waals surface area (Å²) in [5.41, 5.74) is 1.24. The standard InChI is InChI=1S/C19H25O2/c1-2-3-4-7-15-21-19(20)14-13-17-11-8-10-16-9-5-6-12-18(16)17/h5-6,8-12,19H,2-4,7,13-15H2,1H3. The molecule has 2 aromatic carbocycles. The minimum Gasteiger partial charge on any atom is -0.350 e. The summed E-state index contributed by atoms with van der Waals surface area (Å²) >= 11 is 0. The van der Waals surface area contributed by atoms with Crippen LogP contribution in [-0.4, -0.2) is 12.9 Å². The fraction of sp³-hybridized carbons (Fsp3) is 0.474. The van der Waals surface area contributed by atoms with E-state index in [1.807, 2.05) is 12.1 Å². The van der Waals surface area contributed by atoms with Crippen LogP contribution in [0.2, 0.25) is 0 Å². The third-order valence-electron chi connectivity index (χ3n) is 3.83. The number of ether oxygens (including phenoxy) is 1. The van der Waals surface area contributed by atoms with Crippen molar-refractivity contribution >= 4 is 10.8 Å². The Labute approximate surface area is 127 Å². The van der Waals surface area contributed by atoms with Crippen molar-refractivity contribution in [3.8, 4) is 0 Å². The van der Waals surface area contributed by atoms with Gasteiger partial charge in [0.05, 0.1) is 0 Å². The molecule has 1 atom stereocenters. The highest BCUT2D eigenvalue weighted by molar-refractivity contribution is 5.85. The molecule has 2 heteroatoms. The molecule has 0 fully saturated rings. The van der Waals surface area contributed by atoms with Gasteiger partial charge in [-0.3, -0.25) is 0 Å². The molecule has 1 radical (unpaired) electrons. The van der Waals surface area contributed by atoms with Gasteiger partial charge in [-0.15, -0.1) is 0 Å². The first-order chi connectivity index (χ1) is 10.3. The zero-order valence-corrected chi connectivity index (χ0v) is 12.9. The van der Waals surface area contributed by atoms with Crippen LogP contribution < -0.4 is 0 Å². The Morgan fingerprint density at radius 2 is 1.81 bits per heavy atom. The van der Waals surface area contributed by atoms with Crippen molar-refractivity contribution in [1.82, 2.24) is 0 Å². The molecule has 0 saturated carbocycles. The van der Waals surface area contributed by atoms with E-state index in [-0.39, 0.29) is 0 Å². The third kappa shape index (κ3) is 5.14. The van der Waals surface area contributed by atoms with Gasteiger partial charge in [0.1, 0.15) is 0 Å². The van der Waals surface area contributed by atoms with Crippen LogP contribution >= 0.6 is 0 Å². The Hall–Kier alpha value is -1.38. The maximum Gasteiger partial charge on any atom is 0.191 e. The van der Waals surface area contributed by atoms with E-state index in [0.717, 1.165) is 19.3 Å². The van der Waals surface area contributed by atoms with E-state index in [1.165, 1.54) is 29.2 Å². The van der Waals surface area contributed by atoms with Crippen molar-refractivity contribution < 1.29 is 9.84 Å². The minimum absolute atomic E-state index is 0.543. The lowest BCUT2D eigenvalue weighted by Gasteiger charge is -2.11. The summed E-state index contributed by atoms with van der Waals surface area (Å²) in [4.78, 5) is 0. The molecule has 0 aliphatic heterocycles. The van der Waals surface area contributed by atoms with Crippen LogP contribution in [-0.2, 0) is 16.3 Å². The van der Waals surface area contributed by atoms with Gasteiger partial charge in [0.25, 0.3) is 0 Å². The molecule has 0 aliphatic carbocycles. The highest BCUT2D eigenvalue weighted by Gasteiger charge is 2.08. The van der Waals surface area contributed by atoms with E-state index in [4.69, 9.17) is 4.74 Å². The molecule has 0 heterocycles. The highest BCUT2D eigenvalue weighted by Crippen LogP contribution is 2.20. The fourth-order valence-electron chi connectivity index (χ4n) is 2.61. The first-order valence-corrected chi connectivity index (χ1v) is 8.05. The van der Waals surface area contributed by atoms with Crippen molar-refractivity contribution in [2.24, 2.45) is 0 Å². The zero-order valence-electron chi connectivity index (χ0n) is 12.9. The van der Waals surface area contributed by atoms with Gasteiger partial charge >= 0.3 is 0 Å². The van der Waals surface area contributed by atoms with E-state index in [9.17, 15) is 5.11 Å². The average Bonchev–Trinajstić information content (AvgIpc) is 2.52. The molecule has 113 valence electrons. The number of hydrogen-bond acceptors (Lipinski definition) is 1. The second-order valence-corrected chi connectivity index (χ2v) is 5.54. The number of fused-ring (bicyclic) bond motifs is 1. The smallest absolute Gasteiger partial charge is 0.191 e. The van der Waals surface area contributed by atoms with E-state index in [0.29, 0.717) is 13.0 Å². The van der Waals surface area contributed by atoms with E-state index in [1.54, 1.807) is 0 Å². The summed E-state index contributed by atoms with van der Waals surface area (Å²) in [5, 5.41) is 14.3. The number of unbranched alkanes of at least 4 members (excludes halogenated alkanes) is 3. The van der Waals surface area contributed by atoms with Crippen LogP contribution in [0.5, 0.6) is 0 Å². The first-order valence-electron chi connectivity index (χ1n) is 8.05. The number of benzene rings is 2. The Kier molecular flexibility index (Phi) is 6.71. The van der Waals surface area contributed by atoms with Crippen LogP contribution in [0.4, 0.5) is 0 Å². The van der Waals surface area contributed by atoms with Gasteiger partial charge in [-0.2, -0.15) is 0 Å². The second-order valence-electron chi connectivity index (χ2n) is 5.54. The summed E-state index contributed by atoms with van der Waals surface area (Å²) in [6, 6.07) is 14.6. The molecule has 0 amide bonds. The van der Waals surface area contributed by atoms with Crippen molar-refractivity contribution in [3.63, 3.8) is 0 Å². The highest BCUT2D eigenvalue weighted by atomic mass is 16.6. The summed E-state index contributed by atoms with van der Waals surface area (Å²) in [7, 11) is 0. The Balaban J connectivity index is 1.79. The third-order valence-corrected chi connectivity index (χ3v) is 3.83. The van der Waals surface area contributed by atoms with Crippen LogP contribution in [0.15, 0.2) is 42.5 Å². The molecule has 2 nitrogen and oxygen atoms in total. The van der Waals surface area contributed by atoms with Gasteiger partial charge < -0.3 is 4.74 Å². The normalized spacial score (nSPS) is 12.7. The largest absolute Gasteiger partial charge is 0.350 e. The lowest BCUT2D eigenvalue weighted by Crippen LogP contribution is -2.12. The second kappa shape index (κ2) is 8.81. The topological polar surface area (TPSA) is 29.1 Å². The Morgan fingerprint density at radius 1 is 1.00 bits per heavy atom. The predicted molar refractivity (Wildman–Crippen MR) is 86.8 cm³/mol. The molecule has 21 heavy (non-hydrogen) atoms. The van der Waals surface area contributed by atoms with Crippen LogP contribution in [0, 0.1) is 0 Å². The van der Waals surface area contributed by atoms with Gasteiger partial charge in [0.15, 0.2) is 6.29 Å². The minimum atomic E-state index is -0.898. The van der Waals surface area contributed by atoms with Crippen LogP contribution in [0.3, 0.4) is 0 Å². The molecule has 0 spiro atoms. The lowest BCUT2D eigenvalue weighted by molar-refractivity contribution is -0.143. The molecule has 0 aliphatic rings. The van der Waals surface area contributed by atoms with Crippen molar-refractivity contribution in [1.29, 1.82) is 0 Å². The SMILES string of the molecule is CCCCCCOC([O])CCc1cccc2ccccc12. The fourth-order valence-corrected chi connectivity index (χ4v) is 2.61. The van der Waals surface area contributed by atoms with E-state index < -0.39 is 6.29 Å². The van der Waals surface area contributed by atoms with Crippen LogP contribution in [0.1, 0.15) is 44.6 Å². The zero-order chi connectivity index (χ0) is 14.9. The van der Waals surface area contributed by atoms with Gasteiger partial charge in [0, 0.05) is 13.0 Å². The van der Waals surface area contributed by atoms with E-state index >= 15 is 0 Å². The maximum absolute atomic E-state index is 11.8. The molecule has 2 aromatic rings. The quantitative estimate of drug-likeness (QED) is 0.464. The monoisotopic (exact) mass is 285 g/mol. The Bertz CT molecular complexity index is 531. The van der Waals surface area contributed by atoms with Crippen molar-refractivity contribution in [3.05, 3.63) is 48.0 Å². The Morgan fingerprint density at radius 3 is 2.67 bits per heavy atom. The molecular formula is C19H25O2. The average molecular weight is 285 g/mol. The lowest BCUT2D eigenvalue weighted by atomic mass is 10.0. The molecule has 1 unspecified atom stereocenters. The summed E-state index contributed by atoms with van der Waals surface area (Å²) in [6.07, 6.45) is 5.02. The molecule has 0 bridgehead atoms. The predicted octanol–water partition coefficient (Wildman–Crippen LogP) is 5.13. The first kappa shape index (κ1) is 16.0. The molecule has 2 rings (SSSR count). The van der Waals surface area contributed by atoms with Crippen molar-refractivity contribution in [2.75, 3.05) is 6.61 Å². The van der Waals surface area contributed by atoms with Gasteiger partial charge in [-0.1, -0.05) is 68.7 Å². The van der Waals surface area contributed by atoms with Gasteiger partial charge in [-0.05, 0) is 29.2 Å².